The summed E-state index contributed by atoms with van der Waals surface area (Å²) in [4.78, 5) is 11.8. The molecule has 2 aromatic rings. The number of hydrogen-bond donors (Lipinski definition) is 2. The molecule has 0 fully saturated rings. The Bertz CT molecular complexity index is 488. The van der Waals surface area contributed by atoms with Gasteiger partial charge >= 0.3 is 0 Å². The first-order valence-electron chi connectivity index (χ1n) is 5.16. The number of nitrogens with zero attached hydrogens (tertiary/aromatic N) is 3. The van der Waals surface area contributed by atoms with Gasteiger partial charge in [0.25, 0.3) is 0 Å². The molecule has 0 unspecified atom stereocenters. The molecule has 2 aromatic heterocycles. The van der Waals surface area contributed by atoms with E-state index >= 15 is 0 Å². The molecule has 0 aliphatic rings. The van der Waals surface area contributed by atoms with Crippen molar-refractivity contribution in [3.05, 3.63) is 41.6 Å². The van der Waals surface area contributed by atoms with E-state index in [-0.39, 0.29) is 5.28 Å². The van der Waals surface area contributed by atoms with Gasteiger partial charge in [-0.05, 0) is 35.7 Å². The summed E-state index contributed by atoms with van der Waals surface area (Å²) in [6.45, 7) is 0.724. The monoisotopic (exact) mass is 249 g/mol. The average Bonchev–Trinajstić information content (AvgIpc) is 2.35. The maximum Gasteiger partial charge on any atom is 0.224 e. The van der Waals surface area contributed by atoms with E-state index in [0.717, 1.165) is 13.0 Å². The average molecular weight is 250 g/mol. The predicted octanol–water partition coefficient (Wildman–Crippen LogP) is 1.76. The van der Waals surface area contributed by atoms with Crippen LogP contribution >= 0.6 is 11.6 Å². The summed E-state index contributed by atoms with van der Waals surface area (Å²) in [6, 6.07) is 3.94. The van der Waals surface area contributed by atoms with Crippen molar-refractivity contribution in [1.29, 1.82) is 0 Å². The number of hydrogen-bond acceptors (Lipinski definition) is 5. The Morgan fingerprint density at radius 3 is 2.82 bits per heavy atom. The van der Waals surface area contributed by atoms with E-state index in [1.165, 1.54) is 11.8 Å². The molecule has 0 saturated carbocycles. The Kier molecular flexibility index (Phi) is 3.72. The fourth-order valence-electron chi connectivity index (χ4n) is 1.39. The Morgan fingerprint density at radius 2 is 2.06 bits per heavy atom. The van der Waals surface area contributed by atoms with Crippen LogP contribution in [0.25, 0.3) is 0 Å². The maximum absolute atomic E-state index is 5.71. The van der Waals surface area contributed by atoms with Gasteiger partial charge in [-0.3, -0.25) is 4.98 Å². The number of pyridine rings is 1. The van der Waals surface area contributed by atoms with Gasteiger partial charge in [-0.15, -0.1) is 0 Å². The second-order valence-electron chi connectivity index (χ2n) is 3.48. The fraction of sp³-hybridized carbons (Fsp3) is 0.182. The number of nitrogen functional groups attached to an aromatic ring is 1. The molecule has 0 aromatic carbocycles. The van der Waals surface area contributed by atoms with Gasteiger partial charge in [-0.25, -0.2) is 4.98 Å². The molecule has 0 amide bonds. The highest BCUT2D eigenvalue weighted by Crippen LogP contribution is 2.15. The van der Waals surface area contributed by atoms with E-state index in [1.807, 2.05) is 12.1 Å². The molecule has 0 spiro atoms. The molecule has 0 radical (unpaired) electrons. The van der Waals surface area contributed by atoms with Crippen LogP contribution in [0, 0.1) is 0 Å². The van der Waals surface area contributed by atoms with E-state index in [4.69, 9.17) is 17.3 Å². The van der Waals surface area contributed by atoms with Gasteiger partial charge in [-0.2, -0.15) is 4.98 Å². The fourth-order valence-corrected chi connectivity index (χ4v) is 1.52. The second-order valence-corrected chi connectivity index (χ2v) is 3.81. The minimum atomic E-state index is 0.186. The van der Waals surface area contributed by atoms with Crippen LogP contribution in [0.2, 0.25) is 5.28 Å². The number of nitrogens with one attached hydrogen (secondary N) is 1. The molecule has 5 nitrogen and oxygen atoms in total. The first-order chi connectivity index (χ1) is 8.25. The van der Waals surface area contributed by atoms with E-state index < -0.39 is 0 Å². The van der Waals surface area contributed by atoms with Crippen molar-refractivity contribution >= 4 is 23.1 Å². The molecule has 17 heavy (non-hydrogen) atoms. The minimum Gasteiger partial charge on any atom is -0.394 e. The molecule has 0 aliphatic heterocycles. The molecule has 2 heterocycles. The van der Waals surface area contributed by atoms with Gasteiger partial charge in [0.15, 0.2) is 5.82 Å². The predicted molar refractivity (Wildman–Crippen MR) is 67.9 cm³/mol. The zero-order valence-electron chi connectivity index (χ0n) is 9.10. The molecule has 2 rings (SSSR count). The van der Waals surface area contributed by atoms with Crippen molar-refractivity contribution in [2.75, 3.05) is 17.6 Å². The van der Waals surface area contributed by atoms with E-state index in [2.05, 4.69) is 20.3 Å². The van der Waals surface area contributed by atoms with Crippen molar-refractivity contribution in [3.63, 3.8) is 0 Å². The normalized spacial score (nSPS) is 10.2. The molecular weight excluding hydrogens is 238 g/mol. The Hall–Kier alpha value is -1.88. The van der Waals surface area contributed by atoms with Gasteiger partial charge in [0.1, 0.15) is 0 Å². The van der Waals surface area contributed by atoms with Crippen molar-refractivity contribution in [2.24, 2.45) is 0 Å². The summed E-state index contributed by atoms with van der Waals surface area (Å²) in [5.41, 5.74) is 7.40. The molecule has 0 aliphatic carbocycles. The van der Waals surface area contributed by atoms with Gasteiger partial charge in [0.2, 0.25) is 5.28 Å². The van der Waals surface area contributed by atoms with Crippen molar-refractivity contribution in [3.8, 4) is 0 Å². The summed E-state index contributed by atoms with van der Waals surface area (Å²) >= 11 is 5.69. The lowest BCUT2D eigenvalue weighted by Gasteiger charge is -2.07. The van der Waals surface area contributed by atoms with Gasteiger partial charge in [0.05, 0.1) is 11.9 Å². The van der Waals surface area contributed by atoms with Crippen LogP contribution in [-0.4, -0.2) is 21.5 Å². The number of rotatable bonds is 4. The first-order valence-corrected chi connectivity index (χ1v) is 5.54. The summed E-state index contributed by atoms with van der Waals surface area (Å²) in [7, 11) is 0. The third-order valence-electron chi connectivity index (χ3n) is 2.24. The number of nitrogens with two attached hydrogens (primary N) is 1. The van der Waals surface area contributed by atoms with Crippen LogP contribution in [0.3, 0.4) is 0 Å². The molecule has 0 bridgehead atoms. The highest BCUT2D eigenvalue weighted by molar-refractivity contribution is 6.28. The molecule has 3 N–H and O–H groups in total. The standard InChI is InChI=1S/C11H12ClN5/c12-11-16-7-9(13)10(17-11)15-6-3-8-1-4-14-5-2-8/h1-2,4-5,7H,3,6,13H2,(H,15,16,17). The zero-order chi connectivity index (χ0) is 12.1. The van der Waals surface area contributed by atoms with E-state index in [0.29, 0.717) is 11.5 Å². The summed E-state index contributed by atoms with van der Waals surface area (Å²) < 4.78 is 0. The highest BCUT2D eigenvalue weighted by Gasteiger charge is 2.02. The molecular formula is C11H12ClN5. The zero-order valence-corrected chi connectivity index (χ0v) is 9.85. The molecule has 88 valence electrons. The Balaban J connectivity index is 1.92. The lowest BCUT2D eigenvalue weighted by molar-refractivity contribution is 0.995. The number of anilines is 2. The third kappa shape index (κ3) is 3.29. The molecule has 0 saturated heterocycles. The summed E-state index contributed by atoms with van der Waals surface area (Å²) in [6.07, 6.45) is 5.89. The maximum atomic E-state index is 5.71. The lowest BCUT2D eigenvalue weighted by atomic mass is 10.2. The number of halogens is 1. The highest BCUT2D eigenvalue weighted by atomic mass is 35.5. The van der Waals surface area contributed by atoms with Gasteiger partial charge < -0.3 is 11.1 Å². The Morgan fingerprint density at radius 1 is 1.29 bits per heavy atom. The Labute approximate surface area is 104 Å². The molecule has 6 heteroatoms. The van der Waals surface area contributed by atoms with Gasteiger partial charge in [0, 0.05) is 18.9 Å². The van der Waals surface area contributed by atoms with Crippen LogP contribution in [0.4, 0.5) is 11.5 Å². The topological polar surface area (TPSA) is 76.7 Å². The van der Waals surface area contributed by atoms with Crippen molar-refractivity contribution in [2.45, 2.75) is 6.42 Å². The quantitative estimate of drug-likeness (QED) is 0.808. The smallest absolute Gasteiger partial charge is 0.224 e. The van der Waals surface area contributed by atoms with E-state index in [1.54, 1.807) is 12.4 Å². The third-order valence-corrected chi connectivity index (χ3v) is 2.43. The van der Waals surface area contributed by atoms with E-state index in [9.17, 15) is 0 Å². The summed E-state index contributed by atoms with van der Waals surface area (Å²) in [5.74, 6) is 0.569. The first kappa shape index (κ1) is 11.6. The summed E-state index contributed by atoms with van der Waals surface area (Å²) in [5, 5.41) is 3.31. The van der Waals surface area contributed by atoms with Crippen LogP contribution in [-0.2, 0) is 6.42 Å². The SMILES string of the molecule is Nc1cnc(Cl)nc1NCCc1ccncc1. The van der Waals surface area contributed by atoms with Gasteiger partial charge in [-0.1, -0.05) is 0 Å². The van der Waals surface area contributed by atoms with Crippen LogP contribution in [0.1, 0.15) is 5.56 Å². The number of aromatic nitrogens is 3. The lowest BCUT2D eigenvalue weighted by Crippen LogP contribution is -2.09. The van der Waals surface area contributed by atoms with Crippen LogP contribution in [0.15, 0.2) is 30.7 Å². The van der Waals surface area contributed by atoms with Crippen LogP contribution in [0.5, 0.6) is 0 Å². The van der Waals surface area contributed by atoms with Crippen molar-refractivity contribution < 1.29 is 0 Å². The molecule has 0 atom stereocenters. The largest absolute Gasteiger partial charge is 0.394 e. The van der Waals surface area contributed by atoms with Crippen LogP contribution < -0.4 is 11.1 Å². The second kappa shape index (κ2) is 5.45. The minimum absolute atomic E-state index is 0.186. The van der Waals surface area contributed by atoms with Crippen molar-refractivity contribution in [1.82, 2.24) is 15.0 Å².